The Hall–Kier alpha value is -5.79. The standard InChI is InChI=1S/C28H28N8O6/c29-22-12-21-23(24(30)36-22)34-17(14-33-21)13-32-16-9-7-15(8-10-16)25(37)35-20(28(41)42)6-3-11-31-26(38)18-4-1-2-5-19(18)27(39)40/h1-2,4-5,7-10,12,14,20,32H,3,6,11,13H2,(H,31,38)(H,35,37)(H,39,40)(H,41,42)(H4,29,30,36). The molecular weight excluding hydrogens is 544 g/mol. The molecule has 14 nitrogen and oxygen atoms in total. The monoisotopic (exact) mass is 572 g/mol. The van der Waals surface area contributed by atoms with Gasteiger partial charge in [0.1, 0.15) is 17.4 Å². The first kappa shape index (κ1) is 29.2. The molecule has 4 rings (SSSR count). The van der Waals surface area contributed by atoms with Gasteiger partial charge in [0.15, 0.2) is 5.82 Å². The number of aromatic nitrogens is 3. The third-order valence-electron chi connectivity index (χ3n) is 6.21. The summed E-state index contributed by atoms with van der Waals surface area (Å²) in [7, 11) is 0. The summed E-state index contributed by atoms with van der Waals surface area (Å²) in [6, 6.07) is 12.6. The molecule has 0 fully saturated rings. The average Bonchev–Trinajstić information content (AvgIpc) is 2.97. The van der Waals surface area contributed by atoms with Crippen LogP contribution in [0.4, 0.5) is 17.3 Å². The lowest BCUT2D eigenvalue weighted by atomic mass is 10.1. The first-order chi connectivity index (χ1) is 20.1. The van der Waals surface area contributed by atoms with Gasteiger partial charge in [-0.2, -0.15) is 0 Å². The van der Waals surface area contributed by atoms with E-state index >= 15 is 0 Å². The molecule has 2 heterocycles. The van der Waals surface area contributed by atoms with Gasteiger partial charge in [-0.05, 0) is 49.2 Å². The summed E-state index contributed by atoms with van der Waals surface area (Å²) in [6.07, 6.45) is 1.86. The van der Waals surface area contributed by atoms with Crippen LogP contribution in [0.1, 0.15) is 49.6 Å². The number of fused-ring (bicyclic) bond motifs is 1. The van der Waals surface area contributed by atoms with Gasteiger partial charge in [0.2, 0.25) is 0 Å². The van der Waals surface area contributed by atoms with E-state index in [1.54, 1.807) is 42.6 Å². The Bertz CT molecular complexity index is 1640. The lowest BCUT2D eigenvalue weighted by molar-refractivity contribution is -0.139. The second-order valence-corrected chi connectivity index (χ2v) is 9.21. The predicted molar refractivity (Wildman–Crippen MR) is 154 cm³/mol. The number of pyridine rings is 1. The van der Waals surface area contributed by atoms with Crippen molar-refractivity contribution in [2.24, 2.45) is 0 Å². The molecule has 9 N–H and O–H groups in total. The summed E-state index contributed by atoms with van der Waals surface area (Å²) >= 11 is 0. The van der Waals surface area contributed by atoms with Crippen molar-refractivity contribution in [3.63, 3.8) is 0 Å². The number of nitrogen functional groups attached to an aromatic ring is 2. The summed E-state index contributed by atoms with van der Waals surface area (Å²) in [6.45, 7) is 0.406. The van der Waals surface area contributed by atoms with Crippen molar-refractivity contribution in [3.8, 4) is 0 Å². The highest BCUT2D eigenvalue weighted by Gasteiger charge is 2.21. The Kier molecular flexibility index (Phi) is 9.07. The smallest absolute Gasteiger partial charge is 0.336 e. The Labute approximate surface area is 239 Å². The number of aliphatic carboxylic acids is 1. The molecule has 0 saturated heterocycles. The zero-order valence-electron chi connectivity index (χ0n) is 22.2. The van der Waals surface area contributed by atoms with Crippen molar-refractivity contribution in [1.29, 1.82) is 0 Å². The Balaban J connectivity index is 1.27. The summed E-state index contributed by atoms with van der Waals surface area (Å²) in [4.78, 5) is 60.8. The van der Waals surface area contributed by atoms with Crippen LogP contribution in [0.3, 0.4) is 0 Å². The number of carbonyl (C=O) groups excluding carboxylic acids is 2. The van der Waals surface area contributed by atoms with Gasteiger partial charge in [-0.1, -0.05) is 12.1 Å². The minimum atomic E-state index is -1.23. The molecule has 14 heteroatoms. The Morgan fingerprint density at radius 3 is 2.31 bits per heavy atom. The van der Waals surface area contributed by atoms with Crippen LogP contribution in [0.15, 0.2) is 60.8 Å². The molecule has 0 bridgehead atoms. The van der Waals surface area contributed by atoms with E-state index in [0.717, 1.165) is 0 Å². The van der Waals surface area contributed by atoms with Crippen LogP contribution in [0.2, 0.25) is 0 Å². The maximum absolute atomic E-state index is 12.7. The van der Waals surface area contributed by atoms with Gasteiger partial charge in [-0.3, -0.25) is 14.6 Å². The fourth-order valence-electron chi connectivity index (χ4n) is 4.08. The van der Waals surface area contributed by atoms with Crippen molar-refractivity contribution in [2.45, 2.75) is 25.4 Å². The van der Waals surface area contributed by atoms with Gasteiger partial charge in [-0.15, -0.1) is 0 Å². The van der Waals surface area contributed by atoms with E-state index in [9.17, 15) is 29.4 Å². The SMILES string of the molecule is Nc1cc2ncc(CNc3ccc(C(=O)NC(CCCNC(=O)c4ccccc4C(=O)O)C(=O)O)cc3)nc2c(N)n1. The van der Waals surface area contributed by atoms with Crippen LogP contribution in [0.5, 0.6) is 0 Å². The van der Waals surface area contributed by atoms with Gasteiger partial charge in [0.05, 0.1) is 35.1 Å². The number of nitrogens with two attached hydrogens (primary N) is 2. The molecule has 1 atom stereocenters. The first-order valence-corrected chi connectivity index (χ1v) is 12.8. The molecular formula is C28H28N8O6. The van der Waals surface area contributed by atoms with Crippen molar-refractivity contribution < 1.29 is 29.4 Å². The highest BCUT2D eigenvalue weighted by molar-refractivity contribution is 6.04. The largest absolute Gasteiger partial charge is 0.480 e. The number of hydrogen-bond donors (Lipinski definition) is 7. The van der Waals surface area contributed by atoms with Crippen molar-refractivity contribution in [3.05, 3.63) is 83.2 Å². The maximum atomic E-state index is 12.7. The summed E-state index contributed by atoms with van der Waals surface area (Å²) < 4.78 is 0. The molecule has 2 aromatic heterocycles. The third kappa shape index (κ3) is 7.24. The minimum Gasteiger partial charge on any atom is -0.480 e. The molecule has 1 unspecified atom stereocenters. The van der Waals surface area contributed by atoms with E-state index in [0.29, 0.717) is 29.0 Å². The van der Waals surface area contributed by atoms with Gasteiger partial charge in [0, 0.05) is 23.9 Å². The van der Waals surface area contributed by atoms with E-state index in [2.05, 4.69) is 30.9 Å². The Morgan fingerprint density at radius 1 is 0.905 bits per heavy atom. The molecule has 0 aliphatic rings. The highest BCUT2D eigenvalue weighted by Crippen LogP contribution is 2.18. The number of rotatable bonds is 12. The zero-order valence-corrected chi connectivity index (χ0v) is 22.2. The number of benzene rings is 2. The van der Waals surface area contributed by atoms with E-state index in [1.165, 1.54) is 18.2 Å². The third-order valence-corrected chi connectivity index (χ3v) is 6.21. The number of amides is 2. The van der Waals surface area contributed by atoms with Gasteiger partial charge >= 0.3 is 11.9 Å². The zero-order chi connectivity index (χ0) is 30.2. The van der Waals surface area contributed by atoms with Crippen LogP contribution in [0, 0.1) is 0 Å². The van der Waals surface area contributed by atoms with E-state index in [4.69, 9.17) is 11.5 Å². The second-order valence-electron chi connectivity index (χ2n) is 9.21. The van der Waals surface area contributed by atoms with Crippen LogP contribution in [-0.2, 0) is 11.3 Å². The molecule has 0 radical (unpaired) electrons. The summed E-state index contributed by atoms with van der Waals surface area (Å²) in [5, 5.41) is 27.0. The van der Waals surface area contributed by atoms with Crippen molar-refractivity contribution >= 4 is 52.1 Å². The number of aromatic carboxylic acids is 1. The van der Waals surface area contributed by atoms with Gasteiger partial charge < -0.3 is 37.6 Å². The molecule has 2 amide bonds. The number of hydrogen-bond acceptors (Lipinski definition) is 10. The van der Waals surface area contributed by atoms with Crippen LogP contribution < -0.4 is 27.4 Å². The molecule has 42 heavy (non-hydrogen) atoms. The molecule has 0 aliphatic carbocycles. The van der Waals surface area contributed by atoms with Crippen LogP contribution >= 0.6 is 0 Å². The molecule has 0 aliphatic heterocycles. The molecule has 216 valence electrons. The van der Waals surface area contributed by atoms with E-state index in [1.807, 2.05) is 0 Å². The average molecular weight is 573 g/mol. The number of nitrogens with zero attached hydrogens (tertiary/aromatic N) is 3. The van der Waals surface area contributed by atoms with Gasteiger partial charge in [0.25, 0.3) is 11.8 Å². The van der Waals surface area contributed by atoms with Crippen LogP contribution in [-0.4, -0.2) is 61.5 Å². The van der Waals surface area contributed by atoms with E-state index in [-0.39, 0.29) is 47.7 Å². The topological polar surface area (TPSA) is 236 Å². The number of carboxylic acids is 2. The molecule has 4 aromatic rings. The molecule has 2 aromatic carbocycles. The number of anilines is 3. The number of carboxylic acid groups (broad SMARTS) is 2. The predicted octanol–water partition coefficient (Wildman–Crippen LogP) is 1.89. The van der Waals surface area contributed by atoms with Gasteiger partial charge in [-0.25, -0.2) is 19.6 Å². The Morgan fingerprint density at radius 2 is 1.62 bits per heavy atom. The van der Waals surface area contributed by atoms with Crippen molar-refractivity contribution in [2.75, 3.05) is 23.3 Å². The van der Waals surface area contributed by atoms with Crippen LogP contribution in [0.25, 0.3) is 11.0 Å². The highest BCUT2D eigenvalue weighted by atomic mass is 16.4. The fraction of sp³-hybridized carbons (Fsp3) is 0.179. The normalized spacial score (nSPS) is 11.4. The molecule has 0 saturated carbocycles. The summed E-state index contributed by atoms with van der Waals surface area (Å²) in [5.74, 6) is -3.18. The lowest BCUT2D eigenvalue weighted by Crippen LogP contribution is -2.41. The molecule has 0 spiro atoms. The maximum Gasteiger partial charge on any atom is 0.336 e. The fourth-order valence-corrected chi connectivity index (χ4v) is 4.08. The van der Waals surface area contributed by atoms with E-state index < -0.39 is 29.8 Å². The number of nitrogens with one attached hydrogen (secondary N) is 3. The second kappa shape index (κ2) is 13.0. The van der Waals surface area contributed by atoms with Crippen molar-refractivity contribution in [1.82, 2.24) is 25.6 Å². The quantitative estimate of drug-likeness (QED) is 0.121. The minimum absolute atomic E-state index is 0.00354. The lowest BCUT2D eigenvalue weighted by Gasteiger charge is -2.15. The summed E-state index contributed by atoms with van der Waals surface area (Å²) in [5.41, 5.74) is 14.0. The number of carbonyl (C=O) groups is 4. The first-order valence-electron chi connectivity index (χ1n) is 12.8.